The molecule has 0 saturated heterocycles. The first-order valence-corrected chi connectivity index (χ1v) is 8.40. The molecule has 0 aliphatic heterocycles. The zero-order chi connectivity index (χ0) is 20.1. The molecule has 2 aromatic rings. The number of esters is 1. The molecular weight excluding hydrogens is 348 g/mol. The summed E-state index contributed by atoms with van der Waals surface area (Å²) in [6, 6.07) is 8.25. The SMILES string of the molecule is CC(=N)[C@H](C#N)C(=O)COC(=O)c1nn(CC(C)C)c(=O)c2ccccc12. The van der Waals surface area contributed by atoms with E-state index in [-0.39, 0.29) is 22.9 Å². The first kappa shape index (κ1) is 20.0. The van der Waals surface area contributed by atoms with Crippen LogP contribution in [0.2, 0.25) is 0 Å². The lowest BCUT2D eigenvalue weighted by atomic mass is 10.0. The predicted octanol–water partition coefficient (Wildman–Crippen LogP) is 1.96. The van der Waals surface area contributed by atoms with Crippen LogP contribution >= 0.6 is 0 Å². The second kappa shape index (κ2) is 8.36. The maximum atomic E-state index is 12.5. The van der Waals surface area contributed by atoms with Gasteiger partial charge in [0.25, 0.3) is 5.56 Å². The lowest BCUT2D eigenvalue weighted by molar-refractivity contribution is -0.122. The minimum Gasteiger partial charge on any atom is -0.453 e. The Hall–Kier alpha value is -3.34. The third-order valence-corrected chi connectivity index (χ3v) is 3.83. The van der Waals surface area contributed by atoms with E-state index in [0.29, 0.717) is 17.3 Å². The Bertz CT molecular complexity index is 1000. The van der Waals surface area contributed by atoms with E-state index >= 15 is 0 Å². The molecule has 0 amide bonds. The van der Waals surface area contributed by atoms with Crippen LogP contribution in [0.5, 0.6) is 0 Å². The molecule has 0 aliphatic carbocycles. The van der Waals surface area contributed by atoms with Crippen molar-refractivity contribution < 1.29 is 14.3 Å². The Morgan fingerprint density at radius 3 is 2.48 bits per heavy atom. The molecule has 2 rings (SSSR count). The number of hydrogen-bond acceptors (Lipinski definition) is 7. The molecule has 0 bridgehead atoms. The molecule has 1 heterocycles. The number of carbonyl (C=O) groups excluding carboxylic acids is 2. The number of ketones is 1. The number of rotatable bonds is 7. The van der Waals surface area contributed by atoms with Gasteiger partial charge in [0.05, 0.1) is 11.5 Å². The number of nitrogens with one attached hydrogen (secondary N) is 1. The second-order valence-corrected chi connectivity index (χ2v) is 6.56. The summed E-state index contributed by atoms with van der Waals surface area (Å²) in [5, 5.41) is 21.2. The average molecular weight is 368 g/mol. The molecule has 140 valence electrons. The topological polar surface area (TPSA) is 126 Å². The van der Waals surface area contributed by atoms with E-state index in [2.05, 4.69) is 5.10 Å². The third-order valence-electron chi connectivity index (χ3n) is 3.83. The Morgan fingerprint density at radius 1 is 1.30 bits per heavy atom. The summed E-state index contributed by atoms with van der Waals surface area (Å²) in [4.78, 5) is 37.0. The van der Waals surface area contributed by atoms with Gasteiger partial charge >= 0.3 is 5.97 Å². The number of hydrogen-bond donors (Lipinski definition) is 1. The minimum absolute atomic E-state index is 0.0706. The number of ether oxygens (including phenoxy) is 1. The summed E-state index contributed by atoms with van der Waals surface area (Å²) in [6.07, 6.45) is 0. The highest BCUT2D eigenvalue weighted by Crippen LogP contribution is 2.15. The monoisotopic (exact) mass is 368 g/mol. The van der Waals surface area contributed by atoms with E-state index in [9.17, 15) is 14.4 Å². The summed E-state index contributed by atoms with van der Waals surface area (Å²) in [5.74, 6) is -2.67. The van der Waals surface area contributed by atoms with E-state index in [4.69, 9.17) is 15.4 Å². The summed E-state index contributed by atoms with van der Waals surface area (Å²) in [6.45, 7) is 4.85. The zero-order valence-corrected chi connectivity index (χ0v) is 15.4. The largest absolute Gasteiger partial charge is 0.453 e. The quantitative estimate of drug-likeness (QED) is 0.588. The summed E-state index contributed by atoms with van der Waals surface area (Å²) >= 11 is 0. The molecule has 0 saturated carbocycles. The summed E-state index contributed by atoms with van der Waals surface area (Å²) in [5.41, 5.74) is -0.498. The van der Waals surface area contributed by atoms with Crippen LogP contribution in [0.4, 0.5) is 0 Å². The van der Waals surface area contributed by atoms with E-state index in [1.54, 1.807) is 30.3 Å². The van der Waals surface area contributed by atoms with Gasteiger partial charge in [-0.05, 0) is 18.9 Å². The maximum absolute atomic E-state index is 12.5. The van der Waals surface area contributed by atoms with Crippen molar-refractivity contribution in [2.45, 2.75) is 27.3 Å². The van der Waals surface area contributed by atoms with Crippen LogP contribution in [0.3, 0.4) is 0 Å². The number of Topliss-reactive ketones (excluding diaryl/α,β-unsaturated/α-hetero) is 1. The maximum Gasteiger partial charge on any atom is 0.359 e. The number of fused-ring (bicyclic) bond motifs is 1. The normalized spacial score (nSPS) is 11.8. The van der Waals surface area contributed by atoms with Gasteiger partial charge < -0.3 is 10.1 Å². The van der Waals surface area contributed by atoms with Gasteiger partial charge in [0.2, 0.25) is 0 Å². The highest BCUT2D eigenvalue weighted by atomic mass is 16.5. The number of carbonyl (C=O) groups is 2. The van der Waals surface area contributed by atoms with Crippen LogP contribution in [0.25, 0.3) is 10.8 Å². The number of benzene rings is 1. The second-order valence-electron chi connectivity index (χ2n) is 6.56. The highest BCUT2D eigenvalue weighted by molar-refractivity contribution is 6.07. The number of nitriles is 1. The van der Waals surface area contributed by atoms with Gasteiger partial charge in [-0.3, -0.25) is 9.59 Å². The van der Waals surface area contributed by atoms with Crippen LogP contribution in [0, 0.1) is 28.6 Å². The zero-order valence-electron chi connectivity index (χ0n) is 15.4. The third kappa shape index (κ3) is 4.44. The molecule has 0 fully saturated rings. The predicted molar refractivity (Wildman–Crippen MR) is 98.6 cm³/mol. The van der Waals surface area contributed by atoms with Gasteiger partial charge in [0.1, 0.15) is 5.92 Å². The van der Waals surface area contributed by atoms with Gasteiger partial charge in [-0.25, -0.2) is 9.48 Å². The van der Waals surface area contributed by atoms with E-state index in [0.717, 1.165) is 0 Å². The van der Waals surface area contributed by atoms with Crippen molar-refractivity contribution in [3.8, 4) is 6.07 Å². The van der Waals surface area contributed by atoms with E-state index in [1.165, 1.54) is 11.6 Å². The summed E-state index contributed by atoms with van der Waals surface area (Å²) < 4.78 is 6.23. The van der Waals surface area contributed by atoms with Crippen molar-refractivity contribution in [2.75, 3.05) is 6.61 Å². The lowest BCUT2D eigenvalue weighted by Crippen LogP contribution is -2.29. The Balaban J connectivity index is 2.37. The number of aromatic nitrogens is 2. The van der Waals surface area contributed by atoms with Crippen molar-refractivity contribution in [2.24, 2.45) is 11.8 Å². The first-order chi connectivity index (χ1) is 12.8. The van der Waals surface area contributed by atoms with Crippen LogP contribution in [-0.4, -0.2) is 33.9 Å². The fourth-order valence-corrected chi connectivity index (χ4v) is 2.55. The Morgan fingerprint density at radius 2 is 1.93 bits per heavy atom. The fraction of sp³-hybridized carbons (Fsp3) is 0.368. The molecule has 0 radical (unpaired) electrons. The molecule has 8 nitrogen and oxygen atoms in total. The first-order valence-electron chi connectivity index (χ1n) is 8.40. The van der Waals surface area contributed by atoms with E-state index < -0.39 is 24.3 Å². The van der Waals surface area contributed by atoms with Crippen molar-refractivity contribution in [3.05, 3.63) is 40.3 Å². The standard InChI is InChI=1S/C19H20N4O4/c1-11(2)9-23-18(25)14-7-5-4-6-13(14)17(22-23)19(26)27-10-16(24)15(8-20)12(3)21/h4-7,11,15,21H,9-10H2,1-3H3/t15-/m0/s1. The van der Waals surface area contributed by atoms with Crippen molar-refractivity contribution in [3.63, 3.8) is 0 Å². The summed E-state index contributed by atoms with van der Waals surface area (Å²) in [7, 11) is 0. The van der Waals surface area contributed by atoms with Gasteiger partial charge in [0, 0.05) is 17.6 Å². The molecule has 0 aliphatic rings. The molecule has 1 aromatic carbocycles. The molecule has 1 aromatic heterocycles. The van der Waals surface area contributed by atoms with Gasteiger partial charge in [-0.2, -0.15) is 10.4 Å². The molecule has 27 heavy (non-hydrogen) atoms. The van der Waals surface area contributed by atoms with Gasteiger partial charge in [-0.1, -0.05) is 32.0 Å². The van der Waals surface area contributed by atoms with Crippen LogP contribution in [0.15, 0.2) is 29.1 Å². The fourth-order valence-electron chi connectivity index (χ4n) is 2.55. The molecular formula is C19H20N4O4. The van der Waals surface area contributed by atoms with Crippen LogP contribution in [-0.2, 0) is 16.1 Å². The van der Waals surface area contributed by atoms with Gasteiger partial charge in [-0.15, -0.1) is 0 Å². The molecule has 1 N–H and O–H groups in total. The number of nitrogens with zero attached hydrogens (tertiary/aromatic N) is 3. The molecule has 1 atom stereocenters. The van der Waals surface area contributed by atoms with Crippen LogP contribution < -0.4 is 5.56 Å². The van der Waals surface area contributed by atoms with E-state index in [1.807, 2.05) is 13.8 Å². The van der Waals surface area contributed by atoms with Crippen LogP contribution in [0.1, 0.15) is 31.3 Å². The highest BCUT2D eigenvalue weighted by Gasteiger charge is 2.24. The molecule has 0 spiro atoms. The average Bonchev–Trinajstić information content (AvgIpc) is 2.62. The van der Waals surface area contributed by atoms with Crippen molar-refractivity contribution in [1.29, 1.82) is 10.7 Å². The minimum atomic E-state index is -1.25. The van der Waals surface area contributed by atoms with Gasteiger partial charge in [0.15, 0.2) is 18.1 Å². The Kier molecular flexibility index (Phi) is 6.19. The van der Waals surface area contributed by atoms with Crippen molar-refractivity contribution in [1.82, 2.24) is 9.78 Å². The van der Waals surface area contributed by atoms with Crippen molar-refractivity contribution >= 4 is 28.2 Å². The Labute approximate surface area is 155 Å². The molecule has 8 heteroatoms. The lowest BCUT2D eigenvalue weighted by Gasteiger charge is -2.12. The molecule has 0 unspecified atom stereocenters. The smallest absolute Gasteiger partial charge is 0.359 e.